The van der Waals surface area contributed by atoms with Gasteiger partial charge in [-0.1, -0.05) is 39.8 Å². The highest BCUT2D eigenvalue weighted by molar-refractivity contribution is 5.51. The predicted octanol–water partition coefficient (Wildman–Crippen LogP) is 5.98. The fourth-order valence-electron chi connectivity index (χ4n) is 4.26. The van der Waals surface area contributed by atoms with E-state index in [1.54, 1.807) is 21.3 Å². The quantitative estimate of drug-likeness (QED) is 0.417. The van der Waals surface area contributed by atoms with Crippen LogP contribution >= 0.6 is 0 Å². The van der Waals surface area contributed by atoms with Crippen molar-refractivity contribution in [3.8, 4) is 5.75 Å². The Morgan fingerprint density at radius 3 is 1.42 bits per heavy atom. The van der Waals surface area contributed by atoms with Crippen LogP contribution in [0.1, 0.15) is 73.6 Å². The van der Waals surface area contributed by atoms with Crippen molar-refractivity contribution in [1.29, 1.82) is 0 Å². The third kappa shape index (κ3) is 5.68. The molecule has 0 aromatic heterocycles. The van der Waals surface area contributed by atoms with Crippen LogP contribution < -0.4 is 4.74 Å². The van der Waals surface area contributed by atoms with Crippen molar-refractivity contribution < 1.29 is 18.9 Å². The molecular weight excluding hydrogens is 388 g/mol. The largest absolute Gasteiger partial charge is 0.493 e. The third-order valence-electron chi connectivity index (χ3n) is 6.06. The van der Waals surface area contributed by atoms with Crippen molar-refractivity contribution in [1.82, 2.24) is 0 Å². The Hall–Kier alpha value is -1.88. The molecule has 0 bridgehead atoms. The Bertz CT molecular complexity index is 802. The minimum absolute atomic E-state index is 0.185. The van der Waals surface area contributed by atoms with E-state index in [2.05, 4.69) is 52.0 Å². The number of methoxy groups -OCH3 is 3. The van der Waals surface area contributed by atoms with Crippen LogP contribution in [0.4, 0.5) is 0 Å². The molecule has 0 aliphatic heterocycles. The van der Waals surface area contributed by atoms with Gasteiger partial charge in [-0.25, -0.2) is 0 Å². The Morgan fingerprint density at radius 2 is 1.06 bits per heavy atom. The van der Waals surface area contributed by atoms with Gasteiger partial charge in [-0.15, -0.1) is 0 Å². The smallest absolute Gasteiger partial charge is 0.130 e. The SMILES string of the molecule is CCOc1c(COC)cc(C(C)(C)c2cc(CC)c(COC)c(CC)c2)cc1COC. The molecule has 31 heavy (non-hydrogen) atoms. The summed E-state index contributed by atoms with van der Waals surface area (Å²) >= 11 is 0. The molecule has 172 valence electrons. The zero-order valence-electron chi connectivity index (χ0n) is 20.7. The molecule has 0 unspecified atom stereocenters. The second kappa shape index (κ2) is 11.7. The summed E-state index contributed by atoms with van der Waals surface area (Å²) in [6.45, 7) is 13.3. The van der Waals surface area contributed by atoms with Crippen molar-refractivity contribution in [2.45, 2.75) is 72.7 Å². The molecule has 0 spiro atoms. The lowest BCUT2D eigenvalue weighted by Crippen LogP contribution is -2.21. The molecule has 2 aromatic rings. The summed E-state index contributed by atoms with van der Waals surface area (Å²) < 4.78 is 22.5. The molecular formula is C27H40O4. The molecule has 0 aliphatic rings. The minimum atomic E-state index is -0.185. The van der Waals surface area contributed by atoms with Gasteiger partial charge in [0.05, 0.1) is 26.4 Å². The van der Waals surface area contributed by atoms with Gasteiger partial charge in [0.2, 0.25) is 0 Å². The summed E-state index contributed by atoms with van der Waals surface area (Å²) in [5.74, 6) is 0.879. The molecule has 0 fully saturated rings. The first kappa shape index (κ1) is 25.4. The first-order valence-electron chi connectivity index (χ1n) is 11.3. The van der Waals surface area contributed by atoms with Crippen LogP contribution in [0, 0.1) is 0 Å². The number of rotatable bonds is 12. The van der Waals surface area contributed by atoms with Gasteiger partial charge in [0.1, 0.15) is 5.75 Å². The maximum atomic E-state index is 5.99. The van der Waals surface area contributed by atoms with E-state index in [-0.39, 0.29) is 5.41 Å². The maximum absolute atomic E-state index is 5.99. The molecule has 0 heterocycles. The van der Waals surface area contributed by atoms with Crippen LogP contribution in [0.15, 0.2) is 24.3 Å². The number of hydrogen-bond acceptors (Lipinski definition) is 4. The molecule has 0 saturated heterocycles. The second-order valence-corrected chi connectivity index (χ2v) is 8.46. The Balaban J connectivity index is 2.68. The Labute approximate surface area is 188 Å². The molecule has 4 nitrogen and oxygen atoms in total. The Kier molecular flexibility index (Phi) is 9.54. The predicted molar refractivity (Wildman–Crippen MR) is 127 cm³/mol. The van der Waals surface area contributed by atoms with Gasteiger partial charge in [0, 0.05) is 37.9 Å². The second-order valence-electron chi connectivity index (χ2n) is 8.46. The fourth-order valence-corrected chi connectivity index (χ4v) is 4.26. The average molecular weight is 429 g/mol. The molecule has 0 saturated carbocycles. The van der Waals surface area contributed by atoms with Crippen molar-refractivity contribution >= 4 is 0 Å². The Morgan fingerprint density at radius 1 is 0.645 bits per heavy atom. The normalized spacial score (nSPS) is 11.7. The van der Waals surface area contributed by atoms with Crippen LogP contribution in [0.2, 0.25) is 0 Å². The first-order chi connectivity index (χ1) is 14.9. The summed E-state index contributed by atoms with van der Waals surface area (Å²) in [5, 5.41) is 0. The first-order valence-corrected chi connectivity index (χ1v) is 11.3. The van der Waals surface area contributed by atoms with Gasteiger partial charge in [0.15, 0.2) is 0 Å². The van der Waals surface area contributed by atoms with E-state index in [4.69, 9.17) is 18.9 Å². The van der Waals surface area contributed by atoms with Crippen LogP contribution in [-0.2, 0) is 52.3 Å². The lowest BCUT2D eigenvalue weighted by Gasteiger charge is -2.30. The monoisotopic (exact) mass is 428 g/mol. The number of aryl methyl sites for hydroxylation is 2. The average Bonchev–Trinajstić information content (AvgIpc) is 2.76. The lowest BCUT2D eigenvalue weighted by atomic mass is 9.75. The summed E-state index contributed by atoms with van der Waals surface area (Å²) in [5.41, 5.74) is 8.55. The van der Waals surface area contributed by atoms with Crippen LogP contribution in [0.5, 0.6) is 5.75 Å². The van der Waals surface area contributed by atoms with Crippen LogP contribution in [-0.4, -0.2) is 27.9 Å². The fraction of sp³-hybridized carbons (Fsp3) is 0.556. The number of hydrogen-bond donors (Lipinski definition) is 0. The van der Waals surface area contributed by atoms with Crippen LogP contribution in [0.25, 0.3) is 0 Å². The molecule has 0 amide bonds. The van der Waals surface area contributed by atoms with Crippen molar-refractivity contribution in [3.05, 3.63) is 63.2 Å². The van der Waals surface area contributed by atoms with E-state index >= 15 is 0 Å². The van der Waals surface area contributed by atoms with Gasteiger partial charge in [-0.3, -0.25) is 0 Å². The van der Waals surface area contributed by atoms with Gasteiger partial charge in [0.25, 0.3) is 0 Å². The zero-order valence-corrected chi connectivity index (χ0v) is 20.7. The summed E-state index contributed by atoms with van der Waals surface area (Å²) in [7, 11) is 5.21. The maximum Gasteiger partial charge on any atom is 0.130 e. The summed E-state index contributed by atoms with van der Waals surface area (Å²) in [6, 6.07) is 9.17. The molecule has 0 N–H and O–H groups in total. The standard InChI is InChI=1S/C27H40O4/c1-9-19-12-23(13-20(10-2)25(19)18-30-8)27(4,5)24-14-21(16-28-6)26(31-11-3)22(15-24)17-29-7/h12-15H,9-11,16-18H2,1-8H3. The van der Waals surface area contributed by atoms with Gasteiger partial charge in [-0.05, 0) is 59.7 Å². The molecule has 0 radical (unpaired) electrons. The molecule has 0 aliphatic carbocycles. The van der Waals surface area contributed by atoms with Crippen molar-refractivity contribution in [3.63, 3.8) is 0 Å². The van der Waals surface area contributed by atoms with E-state index in [0.717, 1.165) is 29.7 Å². The summed E-state index contributed by atoms with van der Waals surface area (Å²) in [6.07, 6.45) is 1.98. The highest BCUT2D eigenvalue weighted by Crippen LogP contribution is 2.38. The molecule has 2 aromatic carbocycles. The lowest BCUT2D eigenvalue weighted by molar-refractivity contribution is 0.171. The van der Waals surface area contributed by atoms with E-state index in [9.17, 15) is 0 Å². The van der Waals surface area contributed by atoms with E-state index < -0.39 is 0 Å². The summed E-state index contributed by atoms with van der Waals surface area (Å²) in [4.78, 5) is 0. The number of ether oxygens (including phenoxy) is 4. The highest BCUT2D eigenvalue weighted by Gasteiger charge is 2.27. The van der Waals surface area contributed by atoms with Crippen LogP contribution in [0.3, 0.4) is 0 Å². The third-order valence-corrected chi connectivity index (χ3v) is 6.06. The number of benzene rings is 2. The highest BCUT2D eigenvalue weighted by atomic mass is 16.5. The topological polar surface area (TPSA) is 36.9 Å². The van der Waals surface area contributed by atoms with Gasteiger partial charge >= 0.3 is 0 Å². The van der Waals surface area contributed by atoms with Crippen molar-refractivity contribution in [2.75, 3.05) is 27.9 Å². The van der Waals surface area contributed by atoms with E-state index in [1.165, 1.54) is 27.8 Å². The van der Waals surface area contributed by atoms with E-state index in [1.807, 2.05) is 6.92 Å². The molecule has 0 atom stereocenters. The van der Waals surface area contributed by atoms with Gasteiger partial charge in [-0.2, -0.15) is 0 Å². The molecule has 4 heteroatoms. The molecule has 2 rings (SSSR count). The van der Waals surface area contributed by atoms with Crippen molar-refractivity contribution in [2.24, 2.45) is 0 Å². The van der Waals surface area contributed by atoms with E-state index in [0.29, 0.717) is 26.4 Å². The van der Waals surface area contributed by atoms with Gasteiger partial charge < -0.3 is 18.9 Å². The minimum Gasteiger partial charge on any atom is -0.493 e. The zero-order chi connectivity index (χ0) is 23.0.